The van der Waals surface area contributed by atoms with E-state index in [1.54, 1.807) is 0 Å². The Kier molecular flexibility index (Phi) is 3.05. The van der Waals surface area contributed by atoms with E-state index >= 15 is 0 Å². The third-order valence-electron chi connectivity index (χ3n) is 2.68. The fourth-order valence-corrected chi connectivity index (χ4v) is 2.08. The van der Waals surface area contributed by atoms with Gasteiger partial charge in [-0.2, -0.15) is 22.5 Å². The largest absolute Gasteiger partial charge is 0.452 e. The Hall–Kier alpha value is -0.850. The molecular weight excluding hydrogens is 239 g/mol. The Morgan fingerprint density at radius 1 is 1.50 bits per heavy atom. The highest BCUT2D eigenvalue weighted by molar-refractivity contribution is 7.09. The monoisotopic (exact) mass is 251 g/mol. The molecule has 1 aromatic heterocycles. The van der Waals surface area contributed by atoms with Gasteiger partial charge < -0.3 is 5.32 Å². The van der Waals surface area contributed by atoms with Gasteiger partial charge in [-0.05, 0) is 24.7 Å². The third kappa shape index (κ3) is 2.84. The first kappa shape index (κ1) is 11.6. The van der Waals surface area contributed by atoms with E-state index in [0.717, 1.165) is 17.5 Å². The number of hydrogen-bond donors (Lipinski definition) is 1. The lowest BCUT2D eigenvalue weighted by Gasteiger charge is -2.09. The second-order valence-electron chi connectivity index (χ2n) is 4.12. The van der Waals surface area contributed by atoms with Gasteiger partial charge in [-0.25, -0.2) is 0 Å². The second kappa shape index (κ2) is 4.20. The molecule has 1 aliphatic carbocycles. The van der Waals surface area contributed by atoms with Crippen LogP contribution in [0.3, 0.4) is 0 Å². The summed E-state index contributed by atoms with van der Waals surface area (Å²) in [5.41, 5.74) is 0. The predicted molar refractivity (Wildman–Crippen MR) is 55.3 cm³/mol. The van der Waals surface area contributed by atoms with Gasteiger partial charge in [-0.15, -0.1) is 0 Å². The van der Waals surface area contributed by atoms with Crippen molar-refractivity contribution in [3.63, 3.8) is 0 Å². The first-order valence-electron chi connectivity index (χ1n) is 5.11. The molecule has 1 fully saturated rings. The Balaban J connectivity index is 1.87. The van der Waals surface area contributed by atoms with Gasteiger partial charge >= 0.3 is 6.18 Å². The Morgan fingerprint density at radius 2 is 2.19 bits per heavy atom. The second-order valence-corrected chi connectivity index (χ2v) is 4.87. The molecule has 0 amide bonds. The standard InChI is InChI=1S/C9H12F3N3S/c1-5(6-2-3-6)4-13-8-14-7(15-16-8)9(10,11)12/h5-6H,2-4H2,1H3,(H,13,14,15). The van der Waals surface area contributed by atoms with E-state index < -0.39 is 12.0 Å². The van der Waals surface area contributed by atoms with E-state index in [-0.39, 0.29) is 5.13 Å². The Labute approximate surface area is 95.2 Å². The Bertz CT molecular complexity index is 359. The summed E-state index contributed by atoms with van der Waals surface area (Å²) in [6.07, 6.45) is -1.99. The van der Waals surface area contributed by atoms with E-state index in [1.807, 2.05) is 0 Å². The van der Waals surface area contributed by atoms with Crippen LogP contribution >= 0.6 is 11.5 Å². The van der Waals surface area contributed by atoms with E-state index in [0.29, 0.717) is 12.5 Å². The van der Waals surface area contributed by atoms with Gasteiger partial charge in [0.05, 0.1) is 0 Å². The summed E-state index contributed by atoms with van der Waals surface area (Å²) in [5.74, 6) is 0.153. The maximum absolute atomic E-state index is 12.2. The van der Waals surface area contributed by atoms with Crippen LogP contribution in [0.2, 0.25) is 0 Å². The van der Waals surface area contributed by atoms with Crippen molar-refractivity contribution in [3.05, 3.63) is 5.82 Å². The molecule has 1 saturated carbocycles. The summed E-state index contributed by atoms with van der Waals surface area (Å²) in [6, 6.07) is 0. The molecule has 1 aliphatic rings. The van der Waals surface area contributed by atoms with Crippen LogP contribution in [0.1, 0.15) is 25.6 Å². The number of nitrogens with zero attached hydrogens (tertiary/aromatic N) is 2. The van der Waals surface area contributed by atoms with Crippen LogP contribution in [0.15, 0.2) is 0 Å². The van der Waals surface area contributed by atoms with E-state index in [9.17, 15) is 13.2 Å². The molecule has 0 saturated heterocycles. The molecule has 0 spiro atoms. The molecule has 0 radical (unpaired) electrons. The van der Waals surface area contributed by atoms with Gasteiger partial charge in [-0.3, -0.25) is 0 Å². The van der Waals surface area contributed by atoms with Crippen molar-refractivity contribution >= 4 is 16.7 Å². The van der Waals surface area contributed by atoms with Crippen molar-refractivity contribution in [2.45, 2.75) is 25.9 Å². The van der Waals surface area contributed by atoms with Gasteiger partial charge in [0.1, 0.15) is 0 Å². The predicted octanol–water partition coefficient (Wildman–Crippen LogP) is 3.01. The summed E-state index contributed by atoms with van der Waals surface area (Å²) < 4.78 is 39.8. The van der Waals surface area contributed by atoms with Crippen LogP contribution in [-0.2, 0) is 6.18 Å². The number of halogens is 3. The molecule has 16 heavy (non-hydrogen) atoms. The molecule has 1 atom stereocenters. The average Bonchev–Trinajstić information content (AvgIpc) is 2.92. The summed E-state index contributed by atoms with van der Waals surface area (Å²) >= 11 is 0.758. The van der Waals surface area contributed by atoms with Gasteiger partial charge in [0.25, 0.3) is 0 Å². The fourth-order valence-electron chi connectivity index (χ4n) is 1.49. The molecule has 1 heterocycles. The molecule has 7 heteroatoms. The van der Waals surface area contributed by atoms with Gasteiger partial charge in [0, 0.05) is 18.1 Å². The van der Waals surface area contributed by atoms with Gasteiger partial charge in [0.2, 0.25) is 11.0 Å². The lowest BCUT2D eigenvalue weighted by molar-refractivity contribution is -0.144. The van der Waals surface area contributed by atoms with E-state index in [1.165, 1.54) is 12.8 Å². The number of anilines is 1. The van der Waals surface area contributed by atoms with Gasteiger partial charge in [-0.1, -0.05) is 6.92 Å². The summed E-state index contributed by atoms with van der Waals surface area (Å²) in [7, 11) is 0. The average molecular weight is 251 g/mol. The highest BCUT2D eigenvalue weighted by Gasteiger charge is 2.36. The normalized spacial score (nSPS) is 18.5. The van der Waals surface area contributed by atoms with Crippen LogP contribution in [-0.4, -0.2) is 15.9 Å². The Morgan fingerprint density at radius 3 is 2.69 bits per heavy atom. The first-order valence-corrected chi connectivity index (χ1v) is 5.89. The first-order chi connectivity index (χ1) is 7.47. The maximum atomic E-state index is 12.2. The van der Waals surface area contributed by atoms with Crippen molar-refractivity contribution < 1.29 is 13.2 Å². The lowest BCUT2D eigenvalue weighted by atomic mass is 10.1. The molecule has 1 aromatic rings. The highest BCUT2D eigenvalue weighted by Crippen LogP contribution is 2.36. The summed E-state index contributed by atoms with van der Waals surface area (Å²) in [5, 5.41) is 3.15. The molecular formula is C9H12F3N3S. The molecule has 1 unspecified atom stereocenters. The topological polar surface area (TPSA) is 37.8 Å². The SMILES string of the molecule is CC(CNc1nc(C(F)(F)F)ns1)C1CC1. The lowest BCUT2D eigenvalue weighted by Crippen LogP contribution is -2.13. The number of rotatable bonds is 4. The van der Waals surface area contributed by atoms with Gasteiger partial charge in [0.15, 0.2) is 0 Å². The minimum atomic E-state index is -4.45. The van der Waals surface area contributed by atoms with Crippen LogP contribution in [0.5, 0.6) is 0 Å². The minimum absolute atomic E-state index is 0.250. The zero-order valence-electron chi connectivity index (χ0n) is 8.71. The number of nitrogens with one attached hydrogen (secondary N) is 1. The number of aromatic nitrogens is 2. The molecule has 3 nitrogen and oxygen atoms in total. The summed E-state index contributed by atoms with van der Waals surface area (Å²) in [4.78, 5) is 3.40. The minimum Gasteiger partial charge on any atom is -0.360 e. The highest BCUT2D eigenvalue weighted by atomic mass is 32.1. The smallest absolute Gasteiger partial charge is 0.360 e. The van der Waals surface area contributed by atoms with E-state index in [4.69, 9.17) is 0 Å². The molecule has 0 aliphatic heterocycles. The van der Waals surface area contributed by atoms with Crippen LogP contribution in [0.25, 0.3) is 0 Å². The van der Waals surface area contributed by atoms with Crippen LogP contribution in [0.4, 0.5) is 18.3 Å². The molecule has 2 rings (SSSR count). The quantitative estimate of drug-likeness (QED) is 0.893. The fraction of sp³-hybridized carbons (Fsp3) is 0.778. The van der Waals surface area contributed by atoms with Crippen molar-refractivity contribution in [2.75, 3.05) is 11.9 Å². The molecule has 0 aromatic carbocycles. The maximum Gasteiger partial charge on any atom is 0.452 e. The third-order valence-corrected chi connectivity index (χ3v) is 3.35. The number of hydrogen-bond acceptors (Lipinski definition) is 4. The van der Waals surface area contributed by atoms with Crippen molar-refractivity contribution in [1.82, 2.24) is 9.36 Å². The zero-order chi connectivity index (χ0) is 11.8. The molecule has 0 bridgehead atoms. The van der Waals surface area contributed by atoms with Crippen LogP contribution < -0.4 is 5.32 Å². The molecule has 1 N–H and O–H groups in total. The van der Waals surface area contributed by atoms with Crippen molar-refractivity contribution in [3.8, 4) is 0 Å². The number of alkyl halides is 3. The zero-order valence-corrected chi connectivity index (χ0v) is 9.53. The molecule has 90 valence electrons. The van der Waals surface area contributed by atoms with Crippen molar-refractivity contribution in [1.29, 1.82) is 0 Å². The van der Waals surface area contributed by atoms with Crippen molar-refractivity contribution in [2.24, 2.45) is 11.8 Å². The van der Waals surface area contributed by atoms with Crippen LogP contribution in [0, 0.1) is 11.8 Å². The summed E-state index contributed by atoms with van der Waals surface area (Å²) in [6.45, 7) is 2.76. The van der Waals surface area contributed by atoms with E-state index in [2.05, 4.69) is 21.6 Å².